The fourth-order valence-corrected chi connectivity index (χ4v) is 1.42. The van der Waals surface area contributed by atoms with Crippen molar-refractivity contribution in [3.8, 4) is 0 Å². The lowest BCUT2D eigenvalue weighted by molar-refractivity contribution is -0.119. The van der Waals surface area contributed by atoms with Gasteiger partial charge in [0.2, 0.25) is 5.91 Å². The number of nitrogens with one attached hydrogen (secondary N) is 1. The number of nitrogens with zero attached hydrogens (tertiary/aromatic N) is 1. The predicted molar refractivity (Wildman–Crippen MR) is 60.2 cm³/mol. The zero-order valence-corrected chi connectivity index (χ0v) is 10.3. The minimum atomic E-state index is 0.0573. The molecule has 3 atom stereocenters. The number of rotatable bonds is 5. The highest BCUT2D eigenvalue weighted by Crippen LogP contribution is 2.13. The van der Waals surface area contributed by atoms with Crippen LogP contribution in [-0.2, 0) is 4.79 Å². The minimum Gasteiger partial charge on any atom is -0.354 e. The quantitative estimate of drug-likeness (QED) is 0.729. The predicted octanol–water partition coefficient (Wildman–Crippen LogP) is 1.49. The van der Waals surface area contributed by atoms with Crippen LogP contribution in [0.3, 0.4) is 0 Å². The lowest BCUT2D eigenvalue weighted by Crippen LogP contribution is -2.38. The highest BCUT2D eigenvalue weighted by Gasteiger charge is 2.16. The van der Waals surface area contributed by atoms with Gasteiger partial charge in [0.1, 0.15) is 0 Å². The Labute approximate surface area is 87.9 Å². The van der Waals surface area contributed by atoms with Crippen molar-refractivity contribution in [2.45, 2.75) is 46.2 Å². The highest BCUT2D eigenvalue weighted by atomic mass is 16.1. The van der Waals surface area contributed by atoms with E-state index in [9.17, 15) is 4.79 Å². The molecule has 3 heteroatoms. The summed E-state index contributed by atoms with van der Waals surface area (Å²) in [5.41, 5.74) is 0. The Balaban J connectivity index is 3.94. The molecule has 84 valence electrons. The van der Waals surface area contributed by atoms with E-state index in [0.29, 0.717) is 12.0 Å². The van der Waals surface area contributed by atoms with Crippen molar-refractivity contribution in [3.05, 3.63) is 0 Å². The molecular formula is C11H24N2O. The Kier molecular flexibility index (Phi) is 5.77. The molecule has 0 aliphatic rings. The van der Waals surface area contributed by atoms with Gasteiger partial charge in [-0.3, -0.25) is 4.79 Å². The van der Waals surface area contributed by atoms with Crippen molar-refractivity contribution < 1.29 is 4.79 Å². The van der Waals surface area contributed by atoms with Gasteiger partial charge in [0.15, 0.2) is 0 Å². The van der Waals surface area contributed by atoms with Crippen molar-refractivity contribution in [1.82, 2.24) is 10.2 Å². The molecule has 3 unspecified atom stereocenters. The SMILES string of the molecule is CC(=O)NC(C)C(C)CC(C)N(C)C. The number of hydrogen-bond donors (Lipinski definition) is 1. The molecule has 0 spiro atoms. The third-order valence-electron chi connectivity index (χ3n) is 2.88. The smallest absolute Gasteiger partial charge is 0.217 e. The molecule has 0 aromatic rings. The van der Waals surface area contributed by atoms with E-state index in [1.165, 1.54) is 0 Å². The van der Waals surface area contributed by atoms with E-state index >= 15 is 0 Å². The first-order valence-electron chi connectivity index (χ1n) is 5.28. The van der Waals surface area contributed by atoms with Crippen LogP contribution in [0.1, 0.15) is 34.1 Å². The second-order valence-electron chi connectivity index (χ2n) is 4.51. The largest absolute Gasteiger partial charge is 0.354 e. The summed E-state index contributed by atoms with van der Waals surface area (Å²) in [7, 11) is 4.17. The molecule has 0 aliphatic heterocycles. The summed E-state index contributed by atoms with van der Waals surface area (Å²) in [4.78, 5) is 13.1. The molecule has 1 amide bonds. The Morgan fingerprint density at radius 3 is 2.14 bits per heavy atom. The second-order valence-corrected chi connectivity index (χ2v) is 4.51. The van der Waals surface area contributed by atoms with E-state index < -0.39 is 0 Å². The molecule has 1 N–H and O–H groups in total. The van der Waals surface area contributed by atoms with Crippen LogP contribution in [-0.4, -0.2) is 37.0 Å². The average Bonchev–Trinajstić information content (AvgIpc) is 2.02. The number of amides is 1. The third kappa shape index (κ3) is 5.22. The molecule has 0 fully saturated rings. The highest BCUT2D eigenvalue weighted by molar-refractivity contribution is 5.73. The van der Waals surface area contributed by atoms with E-state index in [0.717, 1.165) is 6.42 Å². The van der Waals surface area contributed by atoms with Crippen LogP contribution in [0, 0.1) is 5.92 Å². The van der Waals surface area contributed by atoms with Crippen LogP contribution in [0.25, 0.3) is 0 Å². The summed E-state index contributed by atoms with van der Waals surface area (Å²) in [6, 6.07) is 0.816. The second kappa shape index (κ2) is 6.02. The maximum atomic E-state index is 10.9. The first-order valence-corrected chi connectivity index (χ1v) is 5.28. The molecule has 0 saturated heterocycles. The third-order valence-corrected chi connectivity index (χ3v) is 2.88. The number of carbonyl (C=O) groups excluding carboxylic acids is 1. The molecule has 0 aromatic carbocycles. The van der Waals surface area contributed by atoms with Gasteiger partial charge in [-0.15, -0.1) is 0 Å². The maximum Gasteiger partial charge on any atom is 0.217 e. The van der Waals surface area contributed by atoms with Crippen molar-refractivity contribution >= 4 is 5.91 Å². The summed E-state index contributed by atoms with van der Waals surface area (Å²) in [5, 5.41) is 2.93. The zero-order chi connectivity index (χ0) is 11.3. The summed E-state index contributed by atoms with van der Waals surface area (Å²) >= 11 is 0. The Morgan fingerprint density at radius 2 is 1.79 bits per heavy atom. The van der Waals surface area contributed by atoms with Crippen LogP contribution in [0.4, 0.5) is 0 Å². The van der Waals surface area contributed by atoms with Gasteiger partial charge >= 0.3 is 0 Å². The van der Waals surface area contributed by atoms with Gasteiger partial charge in [-0.1, -0.05) is 6.92 Å². The Hall–Kier alpha value is -0.570. The summed E-state index contributed by atoms with van der Waals surface area (Å²) in [5.74, 6) is 0.568. The average molecular weight is 200 g/mol. The van der Waals surface area contributed by atoms with E-state index in [1.54, 1.807) is 6.92 Å². The Morgan fingerprint density at radius 1 is 1.29 bits per heavy atom. The van der Waals surface area contributed by atoms with Gasteiger partial charge in [0.05, 0.1) is 0 Å². The molecular weight excluding hydrogens is 176 g/mol. The van der Waals surface area contributed by atoms with E-state index in [2.05, 4.69) is 45.1 Å². The lowest BCUT2D eigenvalue weighted by atomic mass is 9.95. The molecule has 0 aromatic heterocycles. The number of carbonyl (C=O) groups is 1. The van der Waals surface area contributed by atoms with Crippen molar-refractivity contribution in [2.75, 3.05) is 14.1 Å². The van der Waals surface area contributed by atoms with Gasteiger partial charge < -0.3 is 10.2 Å². The van der Waals surface area contributed by atoms with E-state index in [-0.39, 0.29) is 11.9 Å². The maximum absolute atomic E-state index is 10.9. The van der Waals surface area contributed by atoms with Crippen LogP contribution in [0.2, 0.25) is 0 Å². The standard InChI is InChI=1S/C11H24N2O/c1-8(7-9(2)13(5)6)10(3)12-11(4)14/h8-10H,7H2,1-6H3,(H,12,14). The number of hydrogen-bond acceptors (Lipinski definition) is 2. The van der Waals surface area contributed by atoms with Gasteiger partial charge in [-0.05, 0) is 40.3 Å². The first kappa shape index (κ1) is 13.4. The molecule has 0 aliphatic carbocycles. The first-order chi connectivity index (χ1) is 6.34. The van der Waals surface area contributed by atoms with Crippen LogP contribution < -0.4 is 5.32 Å². The fraction of sp³-hybridized carbons (Fsp3) is 0.909. The summed E-state index contributed by atoms with van der Waals surface area (Å²) < 4.78 is 0. The monoisotopic (exact) mass is 200 g/mol. The van der Waals surface area contributed by atoms with Gasteiger partial charge in [0.25, 0.3) is 0 Å². The van der Waals surface area contributed by atoms with Crippen molar-refractivity contribution in [3.63, 3.8) is 0 Å². The molecule has 0 rings (SSSR count). The fourth-order valence-electron chi connectivity index (χ4n) is 1.42. The molecule has 3 nitrogen and oxygen atoms in total. The molecule has 14 heavy (non-hydrogen) atoms. The lowest BCUT2D eigenvalue weighted by Gasteiger charge is -2.27. The molecule has 0 radical (unpaired) electrons. The van der Waals surface area contributed by atoms with Crippen molar-refractivity contribution in [1.29, 1.82) is 0 Å². The van der Waals surface area contributed by atoms with Gasteiger partial charge in [-0.25, -0.2) is 0 Å². The molecule has 0 saturated carbocycles. The molecule has 0 heterocycles. The van der Waals surface area contributed by atoms with E-state index in [4.69, 9.17) is 0 Å². The van der Waals surface area contributed by atoms with Crippen LogP contribution in [0.15, 0.2) is 0 Å². The summed E-state index contributed by atoms with van der Waals surface area (Å²) in [6.07, 6.45) is 1.11. The van der Waals surface area contributed by atoms with Gasteiger partial charge in [0, 0.05) is 19.0 Å². The van der Waals surface area contributed by atoms with Crippen LogP contribution >= 0.6 is 0 Å². The van der Waals surface area contributed by atoms with Gasteiger partial charge in [-0.2, -0.15) is 0 Å². The van der Waals surface area contributed by atoms with Crippen LogP contribution in [0.5, 0.6) is 0 Å². The topological polar surface area (TPSA) is 32.3 Å². The minimum absolute atomic E-state index is 0.0573. The normalized spacial score (nSPS) is 17.6. The molecule has 0 bridgehead atoms. The Bertz CT molecular complexity index is 180. The van der Waals surface area contributed by atoms with E-state index in [1.807, 2.05) is 0 Å². The zero-order valence-electron chi connectivity index (χ0n) is 10.3. The van der Waals surface area contributed by atoms with Crippen molar-refractivity contribution in [2.24, 2.45) is 5.92 Å². The summed E-state index contributed by atoms with van der Waals surface area (Å²) in [6.45, 7) is 8.02.